The summed E-state index contributed by atoms with van der Waals surface area (Å²) in [6, 6.07) is 10.9. The zero-order valence-corrected chi connectivity index (χ0v) is 15.7. The first-order chi connectivity index (χ1) is 13.3. The zero-order chi connectivity index (χ0) is 20.1. The number of nitrogens with zero attached hydrogens (tertiary/aromatic N) is 3. The standard InChI is InChI=1S/C18H17N3O6S/c1-27-15-7-3-5-13(9-15)20-17-11-28(25,26)10-16(17)19(18(20)22)12-4-2-6-14(8-12)21(23)24/h2-9,16-17H,10-11H2,1H3/t16-,17-/m0/s1. The van der Waals surface area contributed by atoms with E-state index in [4.69, 9.17) is 4.74 Å². The highest BCUT2D eigenvalue weighted by atomic mass is 32.2. The Bertz CT molecular complexity index is 1070. The van der Waals surface area contributed by atoms with Crippen LogP contribution in [0.5, 0.6) is 5.75 Å². The van der Waals surface area contributed by atoms with Gasteiger partial charge >= 0.3 is 6.03 Å². The average Bonchev–Trinajstić information content (AvgIpc) is 3.10. The lowest BCUT2D eigenvalue weighted by molar-refractivity contribution is -0.384. The Labute approximate surface area is 161 Å². The molecule has 146 valence electrons. The maximum absolute atomic E-state index is 13.3. The van der Waals surface area contributed by atoms with E-state index in [0.29, 0.717) is 17.1 Å². The number of fused-ring (bicyclic) bond motifs is 1. The predicted molar refractivity (Wildman–Crippen MR) is 103 cm³/mol. The Balaban J connectivity index is 1.81. The van der Waals surface area contributed by atoms with Crippen LogP contribution in [0, 0.1) is 10.1 Å². The van der Waals surface area contributed by atoms with Crippen LogP contribution in [0.15, 0.2) is 48.5 Å². The summed E-state index contributed by atoms with van der Waals surface area (Å²) in [5.74, 6) is 0.190. The van der Waals surface area contributed by atoms with Crippen molar-refractivity contribution in [3.8, 4) is 5.75 Å². The third kappa shape index (κ3) is 2.95. The molecule has 0 N–H and O–H groups in total. The summed E-state index contributed by atoms with van der Waals surface area (Å²) < 4.78 is 29.8. The third-order valence-electron chi connectivity index (χ3n) is 5.02. The molecule has 4 rings (SSSR count). The fraction of sp³-hybridized carbons (Fsp3) is 0.278. The number of anilines is 2. The second-order valence-corrected chi connectivity index (χ2v) is 8.87. The van der Waals surface area contributed by atoms with Crippen molar-refractivity contribution in [2.24, 2.45) is 0 Å². The number of benzene rings is 2. The van der Waals surface area contributed by atoms with Crippen LogP contribution in [0.25, 0.3) is 0 Å². The summed E-state index contributed by atoms with van der Waals surface area (Å²) in [5, 5.41) is 11.1. The van der Waals surface area contributed by atoms with Gasteiger partial charge in [-0.25, -0.2) is 13.2 Å². The number of nitro benzene ring substituents is 1. The topological polar surface area (TPSA) is 110 Å². The molecule has 2 aromatic carbocycles. The molecule has 0 bridgehead atoms. The lowest BCUT2D eigenvalue weighted by Gasteiger charge is -2.23. The molecule has 28 heavy (non-hydrogen) atoms. The van der Waals surface area contributed by atoms with Crippen LogP contribution in [-0.2, 0) is 9.84 Å². The smallest absolute Gasteiger partial charge is 0.329 e. The molecular formula is C18H17N3O6S. The number of hydrogen-bond donors (Lipinski definition) is 0. The summed E-state index contributed by atoms with van der Waals surface area (Å²) in [4.78, 5) is 26.6. The van der Waals surface area contributed by atoms with E-state index in [0.717, 1.165) is 0 Å². The summed E-state index contributed by atoms with van der Waals surface area (Å²) in [6.07, 6.45) is 0. The number of hydrogen-bond acceptors (Lipinski definition) is 6. The average molecular weight is 403 g/mol. The highest BCUT2D eigenvalue weighted by molar-refractivity contribution is 7.91. The van der Waals surface area contributed by atoms with Gasteiger partial charge in [0.15, 0.2) is 9.84 Å². The minimum atomic E-state index is -3.35. The first-order valence-corrected chi connectivity index (χ1v) is 10.3. The number of nitro groups is 1. The Morgan fingerprint density at radius 3 is 2.18 bits per heavy atom. The Kier molecular flexibility index (Phi) is 4.22. The van der Waals surface area contributed by atoms with Crippen LogP contribution in [-0.4, -0.2) is 50.1 Å². The van der Waals surface area contributed by atoms with Crippen LogP contribution >= 0.6 is 0 Å². The van der Waals surface area contributed by atoms with Gasteiger partial charge < -0.3 is 4.74 Å². The van der Waals surface area contributed by atoms with Gasteiger partial charge in [0, 0.05) is 23.9 Å². The Morgan fingerprint density at radius 1 is 1.04 bits per heavy atom. The largest absolute Gasteiger partial charge is 0.497 e. The monoisotopic (exact) mass is 403 g/mol. The van der Waals surface area contributed by atoms with E-state index in [1.54, 1.807) is 30.3 Å². The lowest BCUT2D eigenvalue weighted by Crippen LogP contribution is -2.37. The number of urea groups is 1. The van der Waals surface area contributed by atoms with E-state index in [-0.39, 0.29) is 17.2 Å². The maximum atomic E-state index is 13.3. The quantitative estimate of drug-likeness (QED) is 0.440. The summed E-state index contributed by atoms with van der Waals surface area (Å²) in [7, 11) is -1.85. The van der Waals surface area contributed by atoms with Gasteiger partial charge in [-0.2, -0.15) is 0 Å². The fourth-order valence-corrected chi connectivity index (χ4v) is 5.74. The molecule has 0 aromatic heterocycles. The summed E-state index contributed by atoms with van der Waals surface area (Å²) in [5.41, 5.74) is 0.656. The molecule has 9 nitrogen and oxygen atoms in total. The number of ether oxygens (including phenoxy) is 1. The number of methoxy groups -OCH3 is 1. The molecule has 2 aliphatic heterocycles. The van der Waals surface area contributed by atoms with Crippen LogP contribution in [0.1, 0.15) is 0 Å². The third-order valence-corrected chi connectivity index (χ3v) is 6.72. The second-order valence-electron chi connectivity index (χ2n) is 6.71. The molecule has 2 saturated heterocycles. The van der Waals surface area contributed by atoms with Crippen molar-refractivity contribution in [2.75, 3.05) is 28.4 Å². The van der Waals surface area contributed by atoms with E-state index in [1.165, 1.54) is 35.1 Å². The lowest BCUT2D eigenvalue weighted by atomic mass is 10.1. The van der Waals surface area contributed by atoms with Crippen molar-refractivity contribution in [1.29, 1.82) is 0 Å². The van der Waals surface area contributed by atoms with Gasteiger partial charge in [0.05, 0.1) is 41.3 Å². The molecule has 2 atom stereocenters. The SMILES string of the molecule is COc1cccc(N2C(=O)N(c3cccc([N+](=O)[O-])c3)[C@H]3CS(=O)(=O)C[C@@H]32)c1. The van der Waals surface area contributed by atoms with Crippen molar-refractivity contribution in [3.63, 3.8) is 0 Å². The fourth-order valence-electron chi connectivity index (χ4n) is 3.82. The van der Waals surface area contributed by atoms with Crippen LogP contribution < -0.4 is 14.5 Å². The van der Waals surface area contributed by atoms with Crippen LogP contribution in [0.4, 0.5) is 21.9 Å². The highest BCUT2D eigenvalue weighted by Crippen LogP contribution is 2.39. The van der Waals surface area contributed by atoms with Crippen molar-refractivity contribution in [1.82, 2.24) is 0 Å². The number of amides is 2. The first kappa shape index (κ1) is 18.2. The number of rotatable bonds is 4. The van der Waals surface area contributed by atoms with Gasteiger partial charge in [0.2, 0.25) is 0 Å². The normalized spacial score (nSPS) is 23.0. The Morgan fingerprint density at radius 2 is 1.61 bits per heavy atom. The zero-order valence-electron chi connectivity index (χ0n) is 14.9. The molecule has 2 aromatic rings. The van der Waals surface area contributed by atoms with Crippen molar-refractivity contribution in [3.05, 3.63) is 58.6 Å². The number of carbonyl (C=O) groups excluding carboxylic acids is 1. The maximum Gasteiger partial charge on any atom is 0.329 e. The minimum Gasteiger partial charge on any atom is -0.497 e. The molecular weight excluding hydrogens is 386 g/mol. The number of carbonyl (C=O) groups is 1. The molecule has 0 spiro atoms. The number of sulfone groups is 1. The van der Waals surface area contributed by atoms with E-state index in [1.807, 2.05) is 0 Å². The van der Waals surface area contributed by atoms with E-state index < -0.39 is 32.9 Å². The molecule has 0 radical (unpaired) electrons. The van der Waals surface area contributed by atoms with Crippen molar-refractivity contribution >= 4 is 32.9 Å². The molecule has 0 unspecified atom stereocenters. The van der Waals surface area contributed by atoms with Gasteiger partial charge in [-0.05, 0) is 18.2 Å². The molecule has 2 aliphatic rings. The summed E-state index contributed by atoms with van der Waals surface area (Å²) in [6.45, 7) is 0. The van der Waals surface area contributed by atoms with Gasteiger partial charge in [0.25, 0.3) is 5.69 Å². The van der Waals surface area contributed by atoms with Crippen LogP contribution in [0.3, 0.4) is 0 Å². The first-order valence-electron chi connectivity index (χ1n) is 8.52. The number of non-ortho nitro benzene ring substituents is 1. The van der Waals surface area contributed by atoms with Gasteiger partial charge in [-0.1, -0.05) is 12.1 Å². The van der Waals surface area contributed by atoms with Gasteiger partial charge in [-0.15, -0.1) is 0 Å². The van der Waals surface area contributed by atoms with Crippen molar-refractivity contribution in [2.45, 2.75) is 12.1 Å². The van der Waals surface area contributed by atoms with E-state index in [9.17, 15) is 23.3 Å². The highest BCUT2D eigenvalue weighted by Gasteiger charge is 2.54. The second kappa shape index (κ2) is 6.48. The Hall–Kier alpha value is -3.14. The van der Waals surface area contributed by atoms with E-state index >= 15 is 0 Å². The molecule has 10 heteroatoms. The predicted octanol–water partition coefficient (Wildman–Crippen LogP) is 2.22. The molecule has 2 fully saturated rings. The molecule has 2 amide bonds. The van der Waals surface area contributed by atoms with Crippen LogP contribution in [0.2, 0.25) is 0 Å². The molecule has 2 heterocycles. The van der Waals surface area contributed by atoms with Gasteiger partial charge in [0.1, 0.15) is 5.75 Å². The molecule has 0 aliphatic carbocycles. The minimum absolute atomic E-state index is 0.161. The molecule has 0 saturated carbocycles. The van der Waals surface area contributed by atoms with E-state index in [2.05, 4.69) is 0 Å². The summed E-state index contributed by atoms with van der Waals surface area (Å²) >= 11 is 0. The van der Waals surface area contributed by atoms with Crippen molar-refractivity contribution < 1.29 is 22.9 Å². The van der Waals surface area contributed by atoms with Gasteiger partial charge in [-0.3, -0.25) is 19.9 Å².